The Balaban J connectivity index is 0.000000759. The van der Waals surface area contributed by atoms with E-state index in [0.717, 1.165) is 25.7 Å². The number of aryl methyl sites for hydroxylation is 1. The first-order valence-corrected chi connectivity index (χ1v) is 15.1. The van der Waals surface area contributed by atoms with E-state index in [-0.39, 0.29) is 17.6 Å². The molecule has 0 aromatic heterocycles. The lowest BCUT2D eigenvalue weighted by molar-refractivity contribution is -0.122. The molecular weight excluding hydrogens is 507 g/mol. The number of nitrogens with zero attached hydrogens (tertiary/aromatic N) is 2. The van der Waals surface area contributed by atoms with E-state index in [2.05, 4.69) is 6.92 Å². The van der Waals surface area contributed by atoms with Gasteiger partial charge >= 0.3 is 5.97 Å². The second-order valence-corrected chi connectivity index (χ2v) is 9.14. The van der Waals surface area contributed by atoms with Crippen molar-refractivity contribution in [1.82, 2.24) is 0 Å². The number of carboxylic acids is 1. The standard InChI is InChI=1S/C18H27FN2O2.C11H14O2.2C2H6/c1-4-8-21(18(22)14(3)5-2)15-6-7-17(16(19)13-15)20-9-11-23-12-10-20;1-2-3-4-9-5-7-10(8-6-9)11(12)13;2*1-2/h6-7,13-14H,4-5,8-12H2,1-3H3;5-8H,2-4H2,1H3,(H,12,13);2*1-2H3. The highest BCUT2D eigenvalue weighted by atomic mass is 19.1. The molecule has 226 valence electrons. The summed E-state index contributed by atoms with van der Waals surface area (Å²) in [4.78, 5) is 26.8. The molecule has 6 nitrogen and oxygen atoms in total. The predicted molar refractivity (Wildman–Crippen MR) is 166 cm³/mol. The number of aromatic carboxylic acids is 1. The number of hydrogen-bond acceptors (Lipinski definition) is 4. The zero-order chi connectivity index (χ0) is 30.5. The average molecular weight is 561 g/mol. The fourth-order valence-electron chi connectivity index (χ4n) is 3.95. The SMILES string of the molecule is CC.CC.CCCCc1ccc(C(=O)O)cc1.CCCN(C(=O)C(C)CC)c1ccc(N2CCOCC2)c(F)c1. The lowest BCUT2D eigenvalue weighted by Crippen LogP contribution is -2.37. The van der Waals surface area contributed by atoms with Crippen LogP contribution in [0.5, 0.6) is 0 Å². The number of unbranched alkanes of at least 4 members (excludes halogenated alkanes) is 1. The smallest absolute Gasteiger partial charge is 0.335 e. The van der Waals surface area contributed by atoms with E-state index in [0.29, 0.717) is 49.8 Å². The number of carbonyl (C=O) groups is 2. The zero-order valence-corrected chi connectivity index (χ0v) is 26.1. The molecule has 0 radical (unpaired) electrons. The molecule has 0 saturated carbocycles. The van der Waals surface area contributed by atoms with Gasteiger partial charge in [-0.2, -0.15) is 0 Å². The number of carboxylic acid groups (broad SMARTS) is 1. The molecule has 1 atom stereocenters. The van der Waals surface area contributed by atoms with Gasteiger partial charge in [0, 0.05) is 31.2 Å². The van der Waals surface area contributed by atoms with Crippen molar-refractivity contribution in [1.29, 1.82) is 0 Å². The van der Waals surface area contributed by atoms with Crippen LogP contribution in [0.1, 0.15) is 97.0 Å². The molecule has 0 bridgehead atoms. The van der Waals surface area contributed by atoms with Crippen molar-refractivity contribution in [3.8, 4) is 0 Å². The maximum Gasteiger partial charge on any atom is 0.335 e. The van der Waals surface area contributed by atoms with Crippen molar-refractivity contribution in [3.63, 3.8) is 0 Å². The first kappa shape index (κ1) is 37.1. The molecule has 2 aromatic carbocycles. The van der Waals surface area contributed by atoms with Gasteiger partial charge < -0.3 is 19.6 Å². The van der Waals surface area contributed by atoms with Crippen molar-refractivity contribution in [3.05, 3.63) is 59.4 Å². The van der Waals surface area contributed by atoms with Crippen molar-refractivity contribution in [2.45, 2.75) is 87.5 Å². The Morgan fingerprint density at radius 2 is 1.57 bits per heavy atom. The number of morpholine rings is 1. The van der Waals surface area contributed by atoms with Gasteiger partial charge in [-0.15, -0.1) is 0 Å². The normalized spacial score (nSPS) is 12.9. The van der Waals surface area contributed by atoms with Gasteiger partial charge in [-0.3, -0.25) is 4.79 Å². The number of ether oxygens (including phenoxy) is 1. The molecule has 1 unspecified atom stereocenters. The number of hydrogen-bond donors (Lipinski definition) is 1. The monoisotopic (exact) mass is 560 g/mol. The Morgan fingerprint density at radius 3 is 2.05 bits per heavy atom. The third-order valence-corrected chi connectivity index (χ3v) is 6.36. The molecule has 1 amide bonds. The fourth-order valence-corrected chi connectivity index (χ4v) is 3.95. The summed E-state index contributed by atoms with van der Waals surface area (Å²) in [6, 6.07) is 12.2. The Hall–Kier alpha value is -2.93. The van der Waals surface area contributed by atoms with E-state index < -0.39 is 5.97 Å². The highest BCUT2D eigenvalue weighted by Gasteiger charge is 2.22. The topological polar surface area (TPSA) is 70.1 Å². The molecule has 1 heterocycles. The largest absolute Gasteiger partial charge is 0.478 e. The molecule has 2 aromatic rings. The highest BCUT2D eigenvalue weighted by Crippen LogP contribution is 2.27. The van der Waals surface area contributed by atoms with Gasteiger partial charge in [0.05, 0.1) is 24.5 Å². The average Bonchev–Trinajstić information content (AvgIpc) is 3.01. The summed E-state index contributed by atoms with van der Waals surface area (Å²) in [7, 11) is 0. The van der Waals surface area contributed by atoms with Gasteiger partial charge in [-0.05, 0) is 61.6 Å². The summed E-state index contributed by atoms with van der Waals surface area (Å²) in [5, 5.41) is 8.65. The first-order valence-electron chi connectivity index (χ1n) is 15.1. The van der Waals surface area contributed by atoms with E-state index in [1.165, 1.54) is 18.1 Å². The number of benzene rings is 2. The number of anilines is 2. The lowest BCUT2D eigenvalue weighted by Gasteiger charge is -2.30. The van der Waals surface area contributed by atoms with Crippen LogP contribution >= 0.6 is 0 Å². The third-order valence-electron chi connectivity index (χ3n) is 6.36. The molecule has 40 heavy (non-hydrogen) atoms. The molecule has 1 saturated heterocycles. The minimum absolute atomic E-state index is 0.0523. The van der Waals surface area contributed by atoms with Crippen molar-refractivity contribution < 1.29 is 23.8 Å². The van der Waals surface area contributed by atoms with Gasteiger partial charge in [0.15, 0.2) is 0 Å². The van der Waals surface area contributed by atoms with Crippen LogP contribution in [0.3, 0.4) is 0 Å². The minimum atomic E-state index is -0.859. The summed E-state index contributed by atoms with van der Waals surface area (Å²) in [6.07, 6.45) is 4.99. The van der Waals surface area contributed by atoms with Crippen molar-refractivity contribution >= 4 is 23.3 Å². The van der Waals surface area contributed by atoms with E-state index in [1.54, 1.807) is 23.1 Å². The van der Waals surface area contributed by atoms with Gasteiger partial charge in [-0.1, -0.05) is 73.9 Å². The number of amides is 1. The van der Waals surface area contributed by atoms with E-state index in [1.807, 2.05) is 71.6 Å². The Morgan fingerprint density at radius 1 is 0.975 bits per heavy atom. The van der Waals surface area contributed by atoms with Crippen LogP contribution in [0.2, 0.25) is 0 Å². The Bertz CT molecular complexity index is 959. The molecule has 1 fully saturated rings. The molecule has 1 aliphatic heterocycles. The van der Waals surface area contributed by atoms with Gasteiger partial charge in [0.2, 0.25) is 5.91 Å². The fraction of sp³-hybridized carbons (Fsp3) is 0.576. The number of carbonyl (C=O) groups excluding carboxylic acids is 1. The summed E-state index contributed by atoms with van der Waals surface area (Å²) < 4.78 is 19.9. The molecule has 7 heteroatoms. The van der Waals surface area contributed by atoms with Gasteiger partial charge in [0.25, 0.3) is 0 Å². The maximum atomic E-state index is 14.6. The molecule has 1 N–H and O–H groups in total. The number of halogens is 1. The van der Waals surface area contributed by atoms with Crippen molar-refractivity contribution in [2.24, 2.45) is 5.92 Å². The molecular formula is C33H53FN2O4. The van der Waals surface area contributed by atoms with Crippen LogP contribution < -0.4 is 9.80 Å². The van der Waals surface area contributed by atoms with Crippen LogP contribution in [0.4, 0.5) is 15.8 Å². The quantitative estimate of drug-likeness (QED) is 0.317. The summed E-state index contributed by atoms with van der Waals surface area (Å²) in [5.74, 6) is -1.12. The van der Waals surface area contributed by atoms with E-state index >= 15 is 0 Å². The van der Waals surface area contributed by atoms with Gasteiger partial charge in [-0.25, -0.2) is 9.18 Å². The summed E-state index contributed by atoms with van der Waals surface area (Å²) >= 11 is 0. The van der Waals surface area contributed by atoms with E-state index in [9.17, 15) is 14.0 Å². The highest BCUT2D eigenvalue weighted by molar-refractivity contribution is 5.95. The molecule has 1 aliphatic rings. The zero-order valence-electron chi connectivity index (χ0n) is 26.1. The van der Waals surface area contributed by atoms with Crippen molar-refractivity contribution in [2.75, 3.05) is 42.6 Å². The third kappa shape index (κ3) is 12.5. The van der Waals surface area contributed by atoms with Crippen LogP contribution in [-0.2, 0) is 16.0 Å². The van der Waals surface area contributed by atoms with Crippen LogP contribution in [0.15, 0.2) is 42.5 Å². The predicted octanol–water partition coefficient (Wildman–Crippen LogP) is 8.23. The Labute approximate surface area is 242 Å². The minimum Gasteiger partial charge on any atom is -0.478 e. The molecule has 0 spiro atoms. The molecule has 0 aliphatic carbocycles. The van der Waals surface area contributed by atoms with Crippen LogP contribution in [0.25, 0.3) is 0 Å². The second kappa shape index (κ2) is 21.8. The second-order valence-electron chi connectivity index (χ2n) is 9.14. The lowest BCUT2D eigenvalue weighted by atomic mass is 10.1. The maximum absolute atomic E-state index is 14.6. The molecule has 3 rings (SSSR count). The summed E-state index contributed by atoms with van der Waals surface area (Å²) in [6.45, 7) is 19.3. The van der Waals surface area contributed by atoms with Crippen LogP contribution in [0, 0.1) is 11.7 Å². The number of rotatable bonds is 10. The first-order chi connectivity index (χ1) is 19.3. The van der Waals surface area contributed by atoms with Gasteiger partial charge in [0.1, 0.15) is 5.82 Å². The van der Waals surface area contributed by atoms with Crippen LogP contribution in [-0.4, -0.2) is 49.8 Å². The Kier molecular flexibility index (Phi) is 20.2. The van der Waals surface area contributed by atoms with E-state index in [4.69, 9.17) is 9.84 Å². The summed E-state index contributed by atoms with van der Waals surface area (Å²) in [5.41, 5.74) is 2.81.